The molecule has 32 heavy (non-hydrogen) atoms. The second kappa shape index (κ2) is 17.7. The molecule has 2 heterocycles. The van der Waals surface area contributed by atoms with Gasteiger partial charge in [-0.1, -0.05) is 0 Å². The maximum absolute atomic E-state index is 11.4. The molecule has 0 aromatic carbocycles. The Morgan fingerprint density at radius 2 is 1.16 bits per heavy atom. The summed E-state index contributed by atoms with van der Waals surface area (Å²) in [4.78, 5) is 60.1. The number of hydrogen-bond donors (Lipinski definition) is 1. The van der Waals surface area contributed by atoms with Crippen molar-refractivity contribution in [3.05, 3.63) is 37.4 Å². The summed E-state index contributed by atoms with van der Waals surface area (Å²) in [5.74, 6) is -2.17. The number of aliphatic hydroxyl groups excluding tert-OH is 1. The Kier molecular flexibility index (Phi) is 16.0. The summed E-state index contributed by atoms with van der Waals surface area (Å²) in [6.45, 7) is -1.72. The van der Waals surface area contributed by atoms with Gasteiger partial charge in [0.2, 0.25) is 0 Å². The van der Waals surface area contributed by atoms with Crippen molar-refractivity contribution in [3.63, 3.8) is 0 Å². The highest BCUT2D eigenvalue weighted by molar-refractivity contribution is 7.11. The Morgan fingerprint density at radius 1 is 0.750 bits per heavy atom. The Labute approximate surface area is 187 Å². The van der Waals surface area contributed by atoms with E-state index in [0.717, 1.165) is 0 Å². The Hall–Kier alpha value is -2.98. The van der Waals surface area contributed by atoms with E-state index < -0.39 is 43.9 Å². The van der Waals surface area contributed by atoms with Crippen LogP contribution in [0.5, 0.6) is 0 Å². The third-order valence-corrected chi connectivity index (χ3v) is 3.38. The quantitative estimate of drug-likeness (QED) is 0.407. The minimum atomic E-state index is -1.16. The van der Waals surface area contributed by atoms with E-state index in [2.05, 4.69) is 33.0 Å². The third-order valence-electron chi connectivity index (χ3n) is 2.59. The highest BCUT2D eigenvalue weighted by atomic mass is 31.0. The molecule has 0 aliphatic carbocycles. The third kappa shape index (κ3) is 13.3. The van der Waals surface area contributed by atoms with Crippen LogP contribution in [0.15, 0.2) is 37.4 Å². The molecule has 0 aliphatic rings. The van der Waals surface area contributed by atoms with Crippen LogP contribution in [0.2, 0.25) is 0 Å². The van der Waals surface area contributed by atoms with Gasteiger partial charge >= 0.3 is 30.1 Å². The highest BCUT2D eigenvalue weighted by Gasteiger charge is 2.10. The predicted molar refractivity (Wildman–Crippen MR) is 112 cm³/mol. The van der Waals surface area contributed by atoms with Crippen LogP contribution in [0.25, 0.3) is 0 Å². The largest absolute Gasteiger partial charge is 0.509 e. The summed E-state index contributed by atoms with van der Waals surface area (Å²) in [7, 11) is 5.11. The van der Waals surface area contributed by atoms with Crippen LogP contribution in [0.1, 0.15) is 0 Å². The van der Waals surface area contributed by atoms with Crippen LogP contribution >= 0.6 is 28.4 Å². The van der Waals surface area contributed by atoms with E-state index in [-0.39, 0.29) is 6.03 Å². The van der Waals surface area contributed by atoms with Gasteiger partial charge in [-0.25, -0.2) is 33.9 Å². The molecule has 0 fully saturated rings. The number of nitrogens with zero attached hydrogens (tertiary/aromatic N) is 4. The van der Waals surface area contributed by atoms with Crippen molar-refractivity contribution in [2.75, 3.05) is 19.8 Å². The van der Waals surface area contributed by atoms with Gasteiger partial charge in [0.25, 0.3) is 0 Å². The second-order valence-electron chi connectivity index (χ2n) is 4.68. The molecule has 18 heteroatoms. The molecule has 0 bridgehead atoms. The smallest absolute Gasteiger partial charge is 0.450 e. The van der Waals surface area contributed by atoms with Gasteiger partial charge in [-0.2, -0.15) is 0 Å². The normalized spacial score (nSPS) is 9.00. The summed E-state index contributed by atoms with van der Waals surface area (Å²) < 4.78 is 23.3. The lowest BCUT2D eigenvalue weighted by Gasteiger charge is -2.03. The number of hydrogen-bond acceptors (Lipinski definition) is 13. The van der Waals surface area contributed by atoms with Crippen molar-refractivity contribution >= 4 is 58.5 Å². The summed E-state index contributed by atoms with van der Waals surface area (Å²) in [5.41, 5.74) is 0. The molecule has 0 amide bonds. The van der Waals surface area contributed by atoms with Gasteiger partial charge in [0.1, 0.15) is 19.3 Å². The first-order chi connectivity index (χ1) is 15.3. The lowest BCUT2D eigenvalue weighted by Crippen LogP contribution is -2.18. The minimum absolute atomic E-state index is 0.190. The number of ether oxygens (including phenoxy) is 2. The molecule has 2 aromatic heterocycles. The monoisotopic (exact) mass is 512 g/mol. The van der Waals surface area contributed by atoms with Gasteiger partial charge in [-0.3, -0.25) is 9.13 Å². The molecule has 1 N–H and O–H groups in total. The molecule has 3 atom stereocenters. The summed E-state index contributed by atoms with van der Waals surface area (Å²) in [6, 6.07) is -0.190. The van der Waals surface area contributed by atoms with Gasteiger partial charge in [0.15, 0.2) is 13.2 Å². The zero-order valence-corrected chi connectivity index (χ0v) is 19.6. The summed E-state index contributed by atoms with van der Waals surface area (Å²) in [6.07, 6.45) is 8.01. The molecule has 0 saturated carbocycles. The van der Waals surface area contributed by atoms with E-state index in [1.165, 1.54) is 21.8 Å². The fraction of sp³-hybridized carbons (Fsp3) is 0.214. The molecule has 2 rings (SSSR count). The second-order valence-corrected chi connectivity index (χ2v) is 5.38. The molecule has 0 spiro atoms. The van der Waals surface area contributed by atoms with Crippen LogP contribution < -0.4 is 0 Å². The molecule has 3 unspecified atom stereocenters. The number of rotatable bonds is 5. The van der Waals surface area contributed by atoms with Gasteiger partial charge in [0.05, 0.1) is 28.4 Å². The molecule has 0 aliphatic heterocycles. The van der Waals surface area contributed by atoms with E-state index in [9.17, 15) is 24.0 Å². The Balaban J connectivity index is 0.000000485. The van der Waals surface area contributed by atoms with E-state index in [1.54, 1.807) is 53.2 Å². The molecule has 176 valence electrons. The Morgan fingerprint density at radius 3 is 1.41 bits per heavy atom. The fourth-order valence-corrected chi connectivity index (χ4v) is 1.47. The van der Waals surface area contributed by atoms with Crippen molar-refractivity contribution in [1.29, 1.82) is 0 Å². The average molecular weight is 512 g/mol. The Bertz CT molecular complexity index is 782. The van der Waals surface area contributed by atoms with E-state index in [1.807, 2.05) is 0 Å². The van der Waals surface area contributed by atoms with Crippen molar-refractivity contribution in [1.82, 2.24) is 19.1 Å². The van der Waals surface area contributed by atoms with Crippen LogP contribution in [-0.4, -0.2) is 74.1 Å². The maximum Gasteiger partial charge on any atom is 0.509 e. The highest BCUT2D eigenvalue weighted by Crippen LogP contribution is 1.93. The molecular weight excluding hydrogens is 493 g/mol. The first-order valence-corrected chi connectivity index (χ1v) is 9.30. The standard InChI is InChI=1S/C7H6N4O.C5H8O7P2.C2H5O3P/c12-7(10-3-1-8-5-10)11-4-2-9-6-11;6-3(11-13)1-9-5(8)10-2-4(7)12-14;3-1-2(4)5-6/h1-6H;1-2,13-14H2;3H,1,6H2. The van der Waals surface area contributed by atoms with Crippen molar-refractivity contribution in [2.45, 2.75) is 0 Å². The summed E-state index contributed by atoms with van der Waals surface area (Å²) in [5, 5.41) is 7.85. The van der Waals surface area contributed by atoms with E-state index >= 15 is 0 Å². The van der Waals surface area contributed by atoms with Crippen LogP contribution in [0.4, 0.5) is 9.59 Å². The molecule has 0 radical (unpaired) electrons. The first kappa shape index (κ1) is 29.0. The van der Waals surface area contributed by atoms with Gasteiger partial charge in [-0.05, 0) is 0 Å². The van der Waals surface area contributed by atoms with Gasteiger partial charge in [-0.15, -0.1) is 0 Å². The predicted octanol–water partition coefficient (Wildman–Crippen LogP) is -0.286. The zero-order chi connectivity index (χ0) is 24.4. The average Bonchev–Trinajstić information content (AvgIpc) is 3.55. The SMILES string of the molecule is O=C(CO)OP.O=C(COC(=O)OCC(=O)OP)OP.O=C(n1ccnc1)n1ccnc1. The van der Waals surface area contributed by atoms with Crippen LogP contribution in [0, 0.1) is 0 Å². The summed E-state index contributed by atoms with van der Waals surface area (Å²) >= 11 is 0. The zero-order valence-electron chi connectivity index (χ0n) is 16.1. The van der Waals surface area contributed by atoms with Gasteiger partial charge in [0, 0.05) is 24.8 Å². The van der Waals surface area contributed by atoms with E-state index in [0.29, 0.717) is 0 Å². The van der Waals surface area contributed by atoms with E-state index in [4.69, 9.17) is 5.11 Å². The van der Waals surface area contributed by atoms with Crippen molar-refractivity contribution < 1.29 is 52.1 Å². The lowest BCUT2D eigenvalue weighted by molar-refractivity contribution is -0.139. The molecular formula is C14H19N4O11P3. The number of imidazole rings is 2. The molecule has 2 aromatic rings. The fourth-order valence-electron chi connectivity index (χ4n) is 1.26. The van der Waals surface area contributed by atoms with Gasteiger partial charge < -0.3 is 28.2 Å². The number of aliphatic hydroxyl groups is 1. The number of aromatic nitrogens is 4. The number of carbonyl (C=O) groups excluding carboxylic acids is 5. The molecule has 15 nitrogen and oxygen atoms in total. The van der Waals surface area contributed by atoms with Crippen molar-refractivity contribution in [2.24, 2.45) is 0 Å². The van der Waals surface area contributed by atoms with Crippen LogP contribution in [0.3, 0.4) is 0 Å². The minimum Gasteiger partial charge on any atom is -0.450 e. The first-order valence-electron chi connectivity index (χ1n) is 7.88. The number of carbonyl (C=O) groups is 5. The molecule has 0 saturated heterocycles. The maximum atomic E-state index is 11.4. The topological polar surface area (TPSA) is 187 Å². The lowest BCUT2D eigenvalue weighted by atomic mass is 10.7. The van der Waals surface area contributed by atoms with Crippen molar-refractivity contribution in [3.8, 4) is 0 Å². The van der Waals surface area contributed by atoms with Crippen LogP contribution in [-0.2, 0) is 37.4 Å².